The molecule has 0 aliphatic carbocycles. The average molecular weight is 933 g/mol. The molecule has 0 heterocycles. The Hall–Kier alpha value is -1.80. The molecule has 0 aromatic rings. The van der Waals surface area contributed by atoms with Crippen LogP contribution >= 0.6 is 7.82 Å². The second-order valence-corrected chi connectivity index (χ2v) is 21.0. The number of amides is 1. The van der Waals surface area contributed by atoms with E-state index >= 15 is 0 Å². The summed E-state index contributed by atoms with van der Waals surface area (Å²) >= 11 is 0. The molecule has 1 amide bonds. The summed E-state index contributed by atoms with van der Waals surface area (Å²) in [5.74, 6) is -0.172. The first-order valence-electron chi connectivity index (χ1n) is 27.1. The van der Waals surface area contributed by atoms with Crippen molar-refractivity contribution in [1.82, 2.24) is 5.32 Å². The molecule has 2 N–H and O–H groups in total. The van der Waals surface area contributed by atoms with Gasteiger partial charge in [-0.15, -0.1) is 0 Å². The Morgan fingerprint density at radius 2 is 0.938 bits per heavy atom. The number of carbonyl (C=O) groups excluding carboxylic acids is 1. The quantitative estimate of drug-likeness (QED) is 0.0272. The van der Waals surface area contributed by atoms with Crippen LogP contribution in [0.5, 0.6) is 0 Å². The molecule has 0 bridgehead atoms. The standard InChI is InChI=1S/C56H105N2O6P/c1-6-8-10-12-14-16-18-20-22-24-26-27-28-29-30-31-32-34-36-38-40-42-44-46-48-50-56(60)57-54(53-64-65(61,62)63-52-51-58(3,4)5)55(59)49-47-45-43-41-39-37-35-33-25-23-21-19-17-15-13-11-9-7-2/h8,10,14,16,20,22,26-27,29-30,54-55,59H,6-7,9,11-13,15,17-19,21,23-25,28,31-53H2,1-5H3,(H-,57,60,61,62)/b10-8-,16-14-,22-20-,27-26-,30-29-. The third-order valence-electron chi connectivity index (χ3n) is 12.0. The van der Waals surface area contributed by atoms with Gasteiger partial charge in [-0.05, 0) is 57.8 Å². The van der Waals surface area contributed by atoms with Crippen molar-refractivity contribution in [2.24, 2.45) is 0 Å². The number of quaternary nitrogens is 1. The summed E-state index contributed by atoms with van der Waals surface area (Å²) in [6, 6.07) is -0.807. The minimum absolute atomic E-state index is 0.00890. The number of nitrogens with zero attached hydrogens (tertiary/aromatic N) is 1. The van der Waals surface area contributed by atoms with E-state index in [0.717, 1.165) is 77.0 Å². The number of phosphoric ester groups is 1. The number of rotatable bonds is 49. The van der Waals surface area contributed by atoms with E-state index in [1.807, 2.05) is 21.1 Å². The van der Waals surface area contributed by atoms with E-state index in [2.05, 4.69) is 79.9 Å². The van der Waals surface area contributed by atoms with Crippen molar-refractivity contribution in [2.75, 3.05) is 40.9 Å². The van der Waals surface area contributed by atoms with E-state index in [0.29, 0.717) is 23.9 Å². The molecule has 3 atom stereocenters. The zero-order valence-corrected chi connectivity index (χ0v) is 44.1. The summed E-state index contributed by atoms with van der Waals surface area (Å²) in [7, 11) is 1.30. The highest BCUT2D eigenvalue weighted by Crippen LogP contribution is 2.38. The Labute approximate surface area is 402 Å². The van der Waals surface area contributed by atoms with Crippen LogP contribution in [0.25, 0.3) is 0 Å². The second kappa shape index (κ2) is 47.3. The number of hydrogen-bond donors (Lipinski definition) is 2. The molecule has 0 radical (unpaired) electrons. The Morgan fingerprint density at radius 1 is 0.554 bits per heavy atom. The van der Waals surface area contributed by atoms with Crippen molar-refractivity contribution in [1.29, 1.82) is 0 Å². The lowest BCUT2D eigenvalue weighted by atomic mass is 10.0. The fourth-order valence-electron chi connectivity index (χ4n) is 7.77. The second-order valence-electron chi connectivity index (χ2n) is 19.6. The maximum atomic E-state index is 13.0. The van der Waals surface area contributed by atoms with Crippen LogP contribution in [0.4, 0.5) is 0 Å². The van der Waals surface area contributed by atoms with Gasteiger partial charge in [-0.1, -0.05) is 235 Å². The number of phosphoric acid groups is 1. The number of allylic oxidation sites excluding steroid dienone is 10. The number of nitrogens with one attached hydrogen (secondary N) is 1. The third kappa shape index (κ3) is 49.9. The van der Waals surface area contributed by atoms with E-state index in [1.54, 1.807) is 0 Å². The van der Waals surface area contributed by atoms with Gasteiger partial charge in [0.2, 0.25) is 5.91 Å². The molecule has 65 heavy (non-hydrogen) atoms. The lowest BCUT2D eigenvalue weighted by molar-refractivity contribution is -0.870. The SMILES string of the molecule is CC/C=C\C/C=C\C/C=C\C/C=C\C/C=C\CCCCCCCCCCCC(=O)NC(COP(=O)([O-])OCC[N+](C)(C)C)C(O)CCCCCCCCCCCCCCCCCCCC. The van der Waals surface area contributed by atoms with Gasteiger partial charge in [-0.2, -0.15) is 0 Å². The monoisotopic (exact) mass is 933 g/mol. The fraction of sp³-hybridized carbons (Fsp3) is 0.804. The summed E-state index contributed by atoms with van der Waals surface area (Å²) in [6.07, 6.45) is 62.3. The van der Waals surface area contributed by atoms with Crippen molar-refractivity contribution in [3.63, 3.8) is 0 Å². The van der Waals surface area contributed by atoms with Crippen LogP contribution < -0.4 is 10.2 Å². The predicted molar refractivity (Wildman–Crippen MR) is 279 cm³/mol. The van der Waals surface area contributed by atoms with Crippen LogP contribution in [-0.4, -0.2) is 68.5 Å². The number of aliphatic hydroxyl groups is 1. The predicted octanol–water partition coefficient (Wildman–Crippen LogP) is 15.5. The van der Waals surface area contributed by atoms with Crippen LogP contribution in [-0.2, 0) is 18.4 Å². The highest BCUT2D eigenvalue weighted by atomic mass is 31.2. The summed E-state index contributed by atoms with van der Waals surface area (Å²) in [6.45, 7) is 4.62. The molecule has 0 rings (SSSR count). The average Bonchev–Trinajstić information content (AvgIpc) is 3.26. The van der Waals surface area contributed by atoms with E-state index < -0.39 is 20.0 Å². The normalized spacial score (nSPS) is 14.5. The maximum Gasteiger partial charge on any atom is 0.268 e. The number of unbranched alkanes of at least 4 members (excludes halogenated alkanes) is 26. The zero-order chi connectivity index (χ0) is 47.8. The number of aliphatic hydroxyl groups excluding tert-OH is 1. The van der Waals surface area contributed by atoms with Gasteiger partial charge in [-0.25, -0.2) is 0 Å². The molecule has 0 saturated heterocycles. The van der Waals surface area contributed by atoms with E-state index in [1.165, 1.54) is 135 Å². The van der Waals surface area contributed by atoms with Gasteiger partial charge in [0.05, 0.1) is 39.9 Å². The van der Waals surface area contributed by atoms with Gasteiger partial charge in [0.1, 0.15) is 13.2 Å². The van der Waals surface area contributed by atoms with Crippen LogP contribution in [0.15, 0.2) is 60.8 Å². The van der Waals surface area contributed by atoms with Crippen LogP contribution in [0.2, 0.25) is 0 Å². The molecular weight excluding hydrogens is 828 g/mol. The minimum Gasteiger partial charge on any atom is -0.756 e. The lowest BCUT2D eigenvalue weighted by Crippen LogP contribution is -2.46. The molecule has 0 aliphatic rings. The molecule has 9 heteroatoms. The minimum atomic E-state index is -4.58. The van der Waals surface area contributed by atoms with Crippen molar-refractivity contribution in [3.05, 3.63) is 60.8 Å². The van der Waals surface area contributed by atoms with Gasteiger partial charge in [0, 0.05) is 6.42 Å². The molecule has 8 nitrogen and oxygen atoms in total. The van der Waals surface area contributed by atoms with Gasteiger partial charge < -0.3 is 28.8 Å². The molecule has 0 aromatic carbocycles. The first kappa shape index (κ1) is 63.2. The first-order valence-corrected chi connectivity index (χ1v) is 28.6. The molecular formula is C56H105N2O6P. The maximum absolute atomic E-state index is 13.0. The highest BCUT2D eigenvalue weighted by Gasteiger charge is 2.24. The van der Waals surface area contributed by atoms with Crippen molar-refractivity contribution in [2.45, 2.75) is 251 Å². The first-order chi connectivity index (χ1) is 31.5. The number of likely N-dealkylation sites (N-methyl/N-ethyl adjacent to an activating group) is 1. The lowest BCUT2D eigenvalue weighted by Gasteiger charge is -2.30. The summed E-state index contributed by atoms with van der Waals surface area (Å²) in [4.78, 5) is 25.5. The topological polar surface area (TPSA) is 108 Å². The fourth-order valence-corrected chi connectivity index (χ4v) is 8.50. The van der Waals surface area contributed by atoms with E-state index in [4.69, 9.17) is 9.05 Å². The van der Waals surface area contributed by atoms with E-state index in [9.17, 15) is 19.4 Å². The summed E-state index contributed by atoms with van der Waals surface area (Å²) < 4.78 is 23.4. The Bertz CT molecular complexity index is 1240. The van der Waals surface area contributed by atoms with E-state index in [-0.39, 0.29) is 19.1 Å². The Balaban J connectivity index is 4.23. The van der Waals surface area contributed by atoms with Gasteiger partial charge in [0.25, 0.3) is 7.82 Å². The van der Waals surface area contributed by atoms with Crippen molar-refractivity contribution in [3.8, 4) is 0 Å². The van der Waals surface area contributed by atoms with Gasteiger partial charge in [-0.3, -0.25) is 9.36 Å². The molecule has 0 saturated carbocycles. The largest absolute Gasteiger partial charge is 0.756 e. The summed E-state index contributed by atoms with van der Waals surface area (Å²) in [5.41, 5.74) is 0. The van der Waals surface area contributed by atoms with Crippen molar-refractivity contribution < 1.29 is 32.9 Å². The Kier molecular flexibility index (Phi) is 46.0. The molecule has 0 aromatic heterocycles. The van der Waals surface area contributed by atoms with Gasteiger partial charge in [0.15, 0.2) is 0 Å². The molecule has 0 spiro atoms. The molecule has 0 aliphatic heterocycles. The van der Waals surface area contributed by atoms with Crippen LogP contribution in [0.3, 0.4) is 0 Å². The van der Waals surface area contributed by atoms with Crippen LogP contribution in [0.1, 0.15) is 239 Å². The molecule has 0 fully saturated rings. The third-order valence-corrected chi connectivity index (χ3v) is 13.0. The summed E-state index contributed by atoms with van der Waals surface area (Å²) in [5, 5.41) is 14.0. The van der Waals surface area contributed by atoms with Gasteiger partial charge >= 0.3 is 0 Å². The van der Waals surface area contributed by atoms with Crippen LogP contribution in [0, 0.1) is 0 Å². The number of carbonyl (C=O) groups is 1. The highest BCUT2D eigenvalue weighted by molar-refractivity contribution is 7.45. The zero-order valence-electron chi connectivity index (χ0n) is 43.2. The molecule has 380 valence electrons. The number of hydrogen-bond acceptors (Lipinski definition) is 6. The van der Waals surface area contributed by atoms with Crippen molar-refractivity contribution >= 4 is 13.7 Å². The molecule has 3 unspecified atom stereocenters. The Morgan fingerprint density at radius 3 is 1.37 bits per heavy atom. The smallest absolute Gasteiger partial charge is 0.268 e.